The number of hydrogen-bond donors (Lipinski definition) is 1. The van der Waals surface area contributed by atoms with E-state index in [-0.39, 0.29) is 24.1 Å². The quantitative estimate of drug-likeness (QED) is 0.886. The molecule has 1 aromatic rings. The minimum Gasteiger partial charge on any atom is -0.341 e. The fourth-order valence-corrected chi connectivity index (χ4v) is 2.27. The van der Waals surface area contributed by atoms with E-state index >= 15 is 0 Å². The van der Waals surface area contributed by atoms with Crippen molar-refractivity contribution in [1.82, 2.24) is 10.2 Å². The molecular weight excluding hydrogens is 250 g/mol. The van der Waals surface area contributed by atoms with Gasteiger partial charge >= 0.3 is 0 Å². The fourth-order valence-electron chi connectivity index (χ4n) is 2.27. The van der Waals surface area contributed by atoms with Crippen molar-refractivity contribution < 1.29 is 13.6 Å². The molecule has 0 aliphatic carbocycles. The third-order valence-corrected chi connectivity index (χ3v) is 3.35. The first-order chi connectivity index (χ1) is 9.08. The smallest absolute Gasteiger partial charge is 0.222 e. The topological polar surface area (TPSA) is 32.3 Å². The Morgan fingerprint density at radius 2 is 2.05 bits per heavy atom. The van der Waals surface area contributed by atoms with Gasteiger partial charge in [0.1, 0.15) is 11.6 Å². The largest absolute Gasteiger partial charge is 0.341 e. The summed E-state index contributed by atoms with van der Waals surface area (Å²) in [5.41, 5.74) is 0.0436. The Labute approximate surface area is 111 Å². The second-order valence-electron chi connectivity index (χ2n) is 4.93. The van der Waals surface area contributed by atoms with E-state index in [0.29, 0.717) is 13.0 Å². The van der Waals surface area contributed by atoms with Crippen molar-refractivity contribution in [2.75, 3.05) is 13.1 Å². The molecule has 0 bridgehead atoms. The summed E-state index contributed by atoms with van der Waals surface area (Å²) in [6.45, 7) is 3.39. The van der Waals surface area contributed by atoms with E-state index in [4.69, 9.17) is 0 Å². The maximum Gasteiger partial charge on any atom is 0.222 e. The molecule has 104 valence electrons. The molecule has 1 unspecified atom stereocenters. The number of rotatable bonds is 5. The van der Waals surface area contributed by atoms with Gasteiger partial charge in [0.15, 0.2) is 0 Å². The van der Waals surface area contributed by atoms with Gasteiger partial charge in [-0.15, -0.1) is 0 Å². The molecule has 0 spiro atoms. The van der Waals surface area contributed by atoms with Crippen LogP contribution < -0.4 is 5.32 Å². The maximum absolute atomic E-state index is 13.4. The number of amides is 1. The number of nitrogens with zero attached hydrogens (tertiary/aromatic N) is 1. The van der Waals surface area contributed by atoms with Gasteiger partial charge in [-0.3, -0.25) is 4.79 Å². The van der Waals surface area contributed by atoms with Crippen LogP contribution in [0.4, 0.5) is 8.78 Å². The third-order valence-electron chi connectivity index (χ3n) is 3.35. The minimum absolute atomic E-state index is 0.000978. The molecule has 5 heteroatoms. The Morgan fingerprint density at radius 3 is 2.63 bits per heavy atom. The van der Waals surface area contributed by atoms with E-state index in [1.807, 2.05) is 6.92 Å². The lowest BCUT2D eigenvalue weighted by Crippen LogP contribution is -2.39. The zero-order chi connectivity index (χ0) is 13.8. The predicted molar refractivity (Wildman–Crippen MR) is 68.5 cm³/mol. The van der Waals surface area contributed by atoms with Crippen LogP contribution in [0.1, 0.15) is 25.3 Å². The summed E-state index contributed by atoms with van der Waals surface area (Å²) >= 11 is 0. The Morgan fingerprint density at radius 1 is 1.37 bits per heavy atom. The Hall–Kier alpha value is -1.49. The lowest BCUT2D eigenvalue weighted by molar-refractivity contribution is -0.127. The number of carbonyl (C=O) groups is 1. The summed E-state index contributed by atoms with van der Waals surface area (Å²) in [4.78, 5) is 13.3. The molecule has 1 saturated heterocycles. The van der Waals surface area contributed by atoms with Crippen molar-refractivity contribution in [3.05, 3.63) is 35.4 Å². The van der Waals surface area contributed by atoms with Gasteiger partial charge in [0, 0.05) is 37.7 Å². The number of nitrogens with one attached hydrogen (secondary N) is 1. The first-order valence-electron chi connectivity index (χ1n) is 6.52. The number of halogens is 2. The van der Waals surface area contributed by atoms with E-state index in [0.717, 1.165) is 13.0 Å². The van der Waals surface area contributed by atoms with Crippen LogP contribution in [-0.2, 0) is 11.3 Å². The lowest BCUT2D eigenvalue weighted by atomic mass is 10.2. The van der Waals surface area contributed by atoms with Crippen molar-refractivity contribution in [3.63, 3.8) is 0 Å². The molecule has 1 aromatic carbocycles. The van der Waals surface area contributed by atoms with Gasteiger partial charge in [0.2, 0.25) is 5.91 Å². The molecular formula is C14H18F2N2O. The lowest BCUT2D eigenvalue weighted by Gasteiger charge is -2.22. The molecule has 2 rings (SSSR count). The second kappa shape index (κ2) is 6.10. The average Bonchev–Trinajstić information content (AvgIpc) is 2.74. The zero-order valence-corrected chi connectivity index (χ0v) is 11.0. The number of benzene rings is 1. The van der Waals surface area contributed by atoms with Crippen LogP contribution in [0.25, 0.3) is 0 Å². The zero-order valence-electron chi connectivity index (χ0n) is 11.0. The highest BCUT2D eigenvalue weighted by Gasteiger charge is 2.21. The van der Waals surface area contributed by atoms with Crippen molar-refractivity contribution in [2.45, 2.75) is 32.4 Å². The first-order valence-corrected chi connectivity index (χ1v) is 6.52. The number of hydrogen-bond acceptors (Lipinski definition) is 2. The van der Waals surface area contributed by atoms with Crippen LogP contribution in [0.3, 0.4) is 0 Å². The number of likely N-dealkylation sites (tertiary alicyclic amines) is 1. The van der Waals surface area contributed by atoms with Crippen LogP contribution in [0.5, 0.6) is 0 Å². The molecule has 1 N–H and O–H groups in total. The highest BCUT2D eigenvalue weighted by Crippen LogP contribution is 2.13. The van der Waals surface area contributed by atoms with Crippen LogP contribution >= 0.6 is 0 Å². The molecule has 1 heterocycles. The molecule has 3 nitrogen and oxygen atoms in total. The third kappa shape index (κ3) is 3.50. The monoisotopic (exact) mass is 268 g/mol. The van der Waals surface area contributed by atoms with Crippen molar-refractivity contribution in [2.24, 2.45) is 0 Å². The fraction of sp³-hybridized carbons (Fsp3) is 0.500. The summed E-state index contributed by atoms with van der Waals surface area (Å²) in [6.07, 6.45) is 1.50. The highest BCUT2D eigenvalue weighted by molar-refractivity contribution is 5.78. The highest BCUT2D eigenvalue weighted by atomic mass is 19.1. The predicted octanol–water partition coefficient (Wildman–Crippen LogP) is 2.07. The van der Waals surface area contributed by atoms with E-state index in [2.05, 4.69) is 5.32 Å². The molecule has 1 aliphatic heterocycles. The van der Waals surface area contributed by atoms with Crippen molar-refractivity contribution in [3.8, 4) is 0 Å². The van der Waals surface area contributed by atoms with Crippen LogP contribution in [0.2, 0.25) is 0 Å². The molecule has 1 amide bonds. The summed E-state index contributed by atoms with van der Waals surface area (Å²) in [5, 5.41) is 3.05. The molecule has 0 aromatic heterocycles. The maximum atomic E-state index is 13.4. The van der Waals surface area contributed by atoms with Crippen LogP contribution in [-0.4, -0.2) is 29.9 Å². The number of carbonyl (C=O) groups excluding carboxylic acids is 1. The van der Waals surface area contributed by atoms with Gasteiger partial charge in [0.25, 0.3) is 0 Å². The van der Waals surface area contributed by atoms with E-state index < -0.39 is 11.6 Å². The molecule has 0 saturated carbocycles. The standard InChI is InChI=1S/C14H18F2N2O/c1-10(9-18-7-3-6-14(18)19)17-8-11-12(15)4-2-5-13(11)16/h2,4-5,10,17H,3,6-9H2,1H3. The summed E-state index contributed by atoms with van der Waals surface area (Å²) in [6, 6.07) is 3.84. The van der Waals surface area contributed by atoms with Crippen LogP contribution in [0, 0.1) is 11.6 Å². The SMILES string of the molecule is CC(CN1CCCC1=O)NCc1c(F)cccc1F. The molecule has 1 aliphatic rings. The van der Waals surface area contributed by atoms with E-state index in [9.17, 15) is 13.6 Å². The van der Waals surface area contributed by atoms with Crippen LogP contribution in [0.15, 0.2) is 18.2 Å². The second-order valence-corrected chi connectivity index (χ2v) is 4.93. The summed E-state index contributed by atoms with van der Waals surface area (Å²) in [7, 11) is 0. The van der Waals surface area contributed by atoms with Gasteiger partial charge in [-0.25, -0.2) is 8.78 Å². The first kappa shape index (κ1) is 13.9. The Kier molecular flexibility index (Phi) is 4.47. The molecule has 1 fully saturated rings. The van der Waals surface area contributed by atoms with Gasteiger partial charge in [-0.1, -0.05) is 6.07 Å². The van der Waals surface area contributed by atoms with E-state index in [1.165, 1.54) is 18.2 Å². The minimum atomic E-state index is -0.544. The van der Waals surface area contributed by atoms with Gasteiger partial charge in [-0.2, -0.15) is 0 Å². The van der Waals surface area contributed by atoms with Crippen molar-refractivity contribution >= 4 is 5.91 Å². The Bertz CT molecular complexity index is 445. The van der Waals surface area contributed by atoms with Gasteiger partial charge < -0.3 is 10.2 Å². The van der Waals surface area contributed by atoms with Crippen molar-refractivity contribution in [1.29, 1.82) is 0 Å². The molecule has 1 atom stereocenters. The Balaban J connectivity index is 1.86. The van der Waals surface area contributed by atoms with Gasteiger partial charge in [0.05, 0.1) is 0 Å². The molecule has 19 heavy (non-hydrogen) atoms. The summed E-state index contributed by atoms with van der Waals surface area (Å²) in [5.74, 6) is -0.931. The van der Waals surface area contributed by atoms with Gasteiger partial charge in [-0.05, 0) is 25.5 Å². The normalized spacial score (nSPS) is 17.0. The van der Waals surface area contributed by atoms with E-state index in [1.54, 1.807) is 4.90 Å². The molecule has 0 radical (unpaired) electrons. The average molecular weight is 268 g/mol. The summed E-state index contributed by atoms with van der Waals surface area (Å²) < 4.78 is 26.8.